The molecule has 108 valence electrons. The minimum Gasteiger partial charge on any atom is -0.394 e. The van der Waals surface area contributed by atoms with Crippen LogP contribution in [0.4, 0.5) is 0 Å². The van der Waals surface area contributed by atoms with Gasteiger partial charge in [-0.05, 0) is 65.6 Å². The predicted octanol–water partition coefficient (Wildman–Crippen LogP) is 2.25. The van der Waals surface area contributed by atoms with Crippen LogP contribution in [0.15, 0.2) is 0 Å². The summed E-state index contributed by atoms with van der Waals surface area (Å²) in [5.74, 6) is 0.927. The van der Waals surface area contributed by atoms with Gasteiger partial charge in [0.25, 0.3) is 0 Å². The van der Waals surface area contributed by atoms with Crippen LogP contribution in [0.3, 0.4) is 0 Å². The Kier molecular flexibility index (Phi) is 6.61. The summed E-state index contributed by atoms with van der Waals surface area (Å²) in [6.45, 7) is 9.38. The Morgan fingerprint density at radius 2 is 2.11 bits per heavy atom. The standard InChI is InChI=1S/C15H32N2O/c1-5-14-7-6-9-17(10-8-14)13(2)11-15(3,12-18)16-4/h13-14,16,18H,5-12H2,1-4H3. The number of nitrogens with one attached hydrogen (secondary N) is 1. The fourth-order valence-electron chi connectivity index (χ4n) is 3.06. The van der Waals surface area contributed by atoms with Crippen LogP contribution in [-0.4, -0.2) is 48.3 Å². The highest BCUT2D eigenvalue weighted by Gasteiger charge is 2.27. The lowest BCUT2D eigenvalue weighted by Gasteiger charge is -2.35. The predicted molar refractivity (Wildman–Crippen MR) is 77.8 cm³/mol. The van der Waals surface area contributed by atoms with Crippen molar-refractivity contribution in [2.45, 2.75) is 64.5 Å². The van der Waals surface area contributed by atoms with Crippen LogP contribution in [0, 0.1) is 5.92 Å². The number of nitrogens with zero attached hydrogens (tertiary/aromatic N) is 1. The van der Waals surface area contributed by atoms with Gasteiger partial charge in [0, 0.05) is 11.6 Å². The van der Waals surface area contributed by atoms with E-state index >= 15 is 0 Å². The Balaban J connectivity index is 2.48. The molecule has 0 aromatic heterocycles. The highest BCUT2D eigenvalue weighted by atomic mass is 16.3. The van der Waals surface area contributed by atoms with E-state index in [9.17, 15) is 5.11 Å². The van der Waals surface area contributed by atoms with Crippen LogP contribution in [0.5, 0.6) is 0 Å². The van der Waals surface area contributed by atoms with E-state index in [1.54, 1.807) is 0 Å². The molecular formula is C15H32N2O. The Labute approximate surface area is 113 Å². The Hall–Kier alpha value is -0.120. The molecule has 3 unspecified atom stereocenters. The van der Waals surface area contributed by atoms with Gasteiger partial charge in [0.1, 0.15) is 0 Å². The highest BCUT2D eigenvalue weighted by Crippen LogP contribution is 2.23. The second-order valence-electron chi connectivity index (χ2n) is 6.26. The molecule has 3 heteroatoms. The molecule has 0 radical (unpaired) electrons. The Morgan fingerprint density at radius 3 is 2.67 bits per heavy atom. The van der Waals surface area contributed by atoms with Gasteiger partial charge in [-0.1, -0.05) is 13.3 Å². The maximum absolute atomic E-state index is 9.49. The van der Waals surface area contributed by atoms with Crippen molar-refractivity contribution in [2.75, 3.05) is 26.7 Å². The smallest absolute Gasteiger partial charge is 0.0611 e. The lowest BCUT2D eigenvalue weighted by atomic mass is 9.94. The number of rotatable bonds is 6. The lowest BCUT2D eigenvalue weighted by molar-refractivity contribution is 0.121. The van der Waals surface area contributed by atoms with Crippen LogP contribution < -0.4 is 5.32 Å². The third-order valence-corrected chi connectivity index (χ3v) is 4.78. The minimum absolute atomic E-state index is 0.143. The molecule has 1 rings (SSSR count). The largest absolute Gasteiger partial charge is 0.394 e. The van der Waals surface area contributed by atoms with Crippen molar-refractivity contribution in [1.82, 2.24) is 10.2 Å². The van der Waals surface area contributed by atoms with Crippen molar-refractivity contribution in [1.29, 1.82) is 0 Å². The molecule has 1 aliphatic rings. The van der Waals surface area contributed by atoms with Gasteiger partial charge in [0.2, 0.25) is 0 Å². The van der Waals surface area contributed by atoms with Crippen molar-refractivity contribution in [2.24, 2.45) is 5.92 Å². The van der Waals surface area contributed by atoms with Gasteiger partial charge < -0.3 is 15.3 Å². The fraction of sp³-hybridized carbons (Fsp3) is 1.00. The molecule has 18 heavy (non-hydrogen) atoms. The van der Waals surface area contributed by atoms with Crippen LogP contribution in [0.25, 0.3) is 0 Å². The molecule has 1 aliphatic heterocycles. The zero-order valence-electron chi connectivity index (χ0n) is 12.7. The monoisotopic (exact) mass is 256 g/mol. The molecule has 0 saturated carbocycles. The fourth-order valence-corrected chi connectivity index (χ4v) is 3.06. The molecule has 0 aromatic carbocycles. The molecule has 2 N–H and O–H groups in total. The van der Waals surface area contributed by atoms with Crippen LogP contribution in [0.1, 0.15) is 52.9 Å². The van der Waals surface area contributed by atoms with E-state index in [0.29, 0.717) is 6.04 Å². The van der Waals surface area contributed by atoms with Crippen molar-refractivity contribution < 1.29 is 5.11 Å². The molecule has 1 saturated heterocycles. The first-order valence-electron chi connectivity index (χ1n) is 7.58. The third-order valence-electron chi connectivity index (χ3n) is 4.78. The number of likely N-dealkylation sites (tertiary alicyclic amines) is 1. The first-order chi connectivity index (χ1) is 8.54. The molecule has 3 nitrogen and oxygen atoms in total. The minimum atomic E-state index is -0.143. The van der Waals surface area contributed by atoms with Crippen LogP contribution in [-0.2, 0) is 0 Å². The van der Waals surface area contributed by atoms with E-state index < -0.39 is 0 Å². The molecule has 1 heterocycles. The summed E-state index contributed by atoms with van der Waals surface area (Å²) in [4.78, 5) is 2.61. The summed E-state index contributed by atoms with van der Waals surface area (Å²) in [5, 5.41) is 12.7. The van der Waals surface area contributed by atoms with Crippen molar-refractivity contribution in [3.8, 4) is 0 Å². The Morgan fingerprint density at radius 1 is 1.39 bits per heavy atom. The van der Waals surface area contributed by atoms with Crippen LogP contribution >= 0.6 is 0 Å². The van der Waals surface area contributed by atoms with Gasteiger partial charge >= 0.3 is 0 Å². The Bertz CT molecular complexity index is 229. The van der Waals surface area contributed by atoms with E-state index in [1.807, 2.05) is 7.05 Å². The summed E-state index contributed by atoms with van der Waals surface area (Å²) < 4.78 is 0. The van der Waals surface area contributed by atoms with Gasteiger partial charge in [-0.2, -0.15) is 0 Å². The maximum atomic E-state index is 9.49. The average molecular weight is 256 g/mol. The third kappa shape index (κ3) is 4.52. The van der Waals surface area contributed by atoms with Gasteiger partial charge in [-0.25, -0.2) is 0 Å². The maximum Gasteiger partial charge on any atom is 0.0611 e. The average Bonchev–Trinajstić information content (AvgIpc) is 2.63. The van der Waals surface area contributed by atoms with Gasteiger partial charge in [-0.3, -0.25) is 0 Å². The van der Waals surface area contributed by atoms with Gasteiger partial charge in [0.15, 0.2) is 0 Å². The second kappa shape index (κ2) is 7.46. The first kappa shape index (κ1) is 15.9. The number of aliphatic hydroxyl groups is 1. The second-order valence-corrected chi connectivity index (χ2v) is 6.26. The topological polar surface area (TPSA) is 35.5 Å². The lowest BCUT2D eigenvalue weighted by Crippen LogP contribution is -2.49. The van der Waals surface area contributed by atoms with Crippen molar-refractivity contribution in [3.05, 3.63) is 0 Å². The van der Waals surface area contributed by atoms with E-state index in [-0.39, 0.29) is 12.1 Å². The number of hydrogen-bond acceptors (Lipinski definition) is 3. The number of likely N-dealkylation sites (N-methyl/N-ethyl adjacent to an activating group) is 1. The number of aliphatic hydroxyl groups excluding tert-OH is 1. The summed E-state index contributed by atoms with van der Waals surface area (Å²) in [6, 6.07) is 0.546. The molecule has 1 fully saturated rings. The molecule has 0 aromatic rings. The number of hydrogen-bond donors (Lipinski definition) is 2. The van der Waals surface area contributed by atoms with Gasteiger partial charge in [0.05, 0.1) is 6.61 Å². The summed E-state index contributed by atoms with van der Waals surface area (Å²) in [7, 11) is 1.94. The SMILES string of the molecule is CCC1CCCN(C(C)CC(C)(CO)NC)CC1. The quantitative estimate of drug-likeness (QED) is 0.765. The van der Waals surface area contributed by atoms with Crippen molar-refractivity contribution >= 4 is 0 Å². The molecule has 0 aliphatic carbocycles. The van der Waals surface area contributed by atoms with Crippen molar-refractivity contribution in [3.63, 3.8) is 0 Å². The molecule has 0 amide bonds. The zero-order chi connectivity index (χ0) is 13.6. The van der Waals surface area contributed by atoms with E-state index in [0.717, 1.165) is 12.3 Å². The molecule has 3 atom stereocenters. The normalized spacial score (nSPS) is 27.5. The molecule has 0 spiro atoms. The zero-order valence-corrected chi connectivity index (χ0v) is 12.7. The molecule has 0 bridgehead atoms. The summed E-state index contributed by atoms with van der Waals surface area (Å²) >= 11 is 0. The first-order valence-corrected chi connectivity index (χ1v) is 7.58. The van der Waals surface area contributed by atoms with E-state index in [4.69, 9.17) is 0 Å². The highest BCUT2D eigenvalue weighted by molar-refractivity contribution is 4.86. The molecular weight excluding hydrogens is 224 g/mol. The van der Waals surface area contributed by atoms with E-state index in [1.165, 1.54) is 38.8 Å². The summed E-state index contributed by atoms with van der Waals surface area (Å²) in [6.07, 6.45) is 6.40. The van der Waals surface area contributed by atoms with Gasteiger partial charge in [-0.15, -0.1) is 0 Å². The van der Waals surface area contributed by atoms with Crippen LogP contribution in [0.2, 0.25) is 0 Å². The van der Waals surface area contributed by atoms with E-state index in [2.05, 4.69) is 31.0 Å². The summed E-state index contributed by atoms with van der Waals surface area (Å²) in [5.41, 5.74) is -0.143.